The number of nitrogens with zero attached hydrogens (tertiary/aromatic N) is 3. The van der Waals surface area contributed by atoms with E-state index in [1.165, 1.54) is 18.7 Å². The summed E-state index contributed by atoms with van der Waals surface area (Å²) in [5.74, 6) is 4.05. The predicted molar refractivity (Wildman–Crippen MR) is 133 cm³/mol. The van der Waals surface area contributed by atoms with Crippen LogP contribution in [0.1, 0.15) is 44.5 Å². The van der Waals surface area contributed by atoms with Crippen molar-refractivity contribution < 1.29 is 23.5 Å². The Labute approximate surface area is 215 Å². The topological polar surface area (TPSA) is 117 Å². The zero-order valence-corrected chi connectivity index (χ0v) is 19.7. The summed E-state index contributed by atoms with van der Waals surface area (Å²) in [4.78, 5) is 36.5. The van der Waals surface area contributed by atoms with Crippen LogP contribution in [0.5, 0.6) is 0 Å². The van der Waals surface area contributed by atoms with Gasteiger partial charge in [-0.25, -0.2) is 28.5 Å². The highest BCUT2D eigenvalue weighted by molar-refractivity contribution is 5.99. The van der Waals surface area contributed by atoms with Gasteiger partial charge in [0, 0.05) is 36.1 Å². The molecule has 38 heavy (non-hydrogen) atoms. The Kier molecular flexibility index (Phi) is 6.74. The van der Waals surface area contributed by atoms with E-state index in [9.17, 15) is 23.5 Å². The molecule has 0 aliphatic carbocycles. The quantitative estimate of drug-likeness (QED) is 0.349. The third-order valence-corrected chi connectivity index (χ3v) is 5.92. The second-order valence-electron chi connectivity index (χ2n) is 8.54. The summed E-state index contributed by atoms with van der Waals surface area (Å²) in [5.41, 5.74) is 3.92. The molecule has 3 N–H and O–H groups in total. The Hall–Kier alpha value is -5.17. The van der Waals surface area contributed by atoms with E-state index in [1.807, 2.05) is 12.1 Å². The summed E-state index contributed by atoms with van der Waals surface area (Å²) < 4.78 is 27.8. The molecular formula is C28H19F2N5O3. The van der Waals surface area contributed by atoms with Crippen molar-refractivity contribution in [2.24, 2.45) is 0 Å². The van der Waals surface area contributed by atoms with E-state index in [2.05, 4.69) is 37.4 Å². The summed E-state index contributed by atoms with van der Waals surface area (Å²) in [7, 11) is 0. The molecule has 1 atom stereocenters. The van der Waals surface area contributed by atoms with Gasteiger partial charge < -0.3 is 15.7 Å². The molecule has 3 heterocycles. The van der Waals surface area contributed by atoms with E-state index in [0.717, 1.165) is 23.8 Å². The van der Waals surface area contributed by atoms with Gasteiger partial charge in [0.2, 0.25) is 0 Å². The maximum Gasteiger partial charge on any atom is 0.405 e. The van der Waals surface area contributed by atoms with Gasteiger partial charge in [-0.1, -0.05) is 18.1 Å². The lowest BCUT2D eigenvalue weighted by Gasteiger charge is -2.21. The van der Waals surface area contributed by atoms with Crippen molar-refractivity contribution >= 4 is 12.0 Å². The normalized spacial score (nSPS) is 12.6. The van der Waals surface area contributed by atoms with E-state index in [-0.39, 0.29) is 23.6 Å². The van der Waals surface area contributed by atoms with E-state index in [1.54, 1.807) is 18.2 Å². The van der Waals surface area contributed by atoms with Gasteiger partial charge in [0.05, 0.1) is 17.3 Å². The van der Waals surface area contributed by atoms with Gasteiger partial charge >= 0.3 is 6.09 Å². The summed E-state index contributed by atoms with van der Waals surface area (Å²) in [6.45, 7) is 0.422. The maximum absolute atomic E-state index is 13.9. The zero-order chi connectivity index (χ0) is 26.6. The number of carbonyl (C=O) groups excluding carboxylic acids is 1. The molecule has 1 unspecified atom stereocenters. The smallest absolute Gasteiger partial charge is 0.405 e. The lowest BCUT2D eigenvalue weighted by atomic mass is 9.93. The Balaban J connectivity index is 1.63. The van der Waals surface area contributed by atoms with Gasteiger partial charge in [-0.15, -0.1) is 0 Å². The molecule has 0 saturated heterocycles. The second kappa shape index (κ2) is 10.4. The predicted octanol–water partition coefficient (Wildman–Crippen LogP) is 4.01. The van der Waals surface area contributed by atoms with Crippen LogP contribution >= 0.6 is 0 Å². The number of halogens is 2. The van der Waals surface area contributed by atoms with Gasteiger partial charge in [-0.2, -0.15) is 0 Å². The minimum Gasteiger partial charge on any atom is -0.465 e. The molecule has 0 spiro atoms. The number of pyridine rings is 1. The second-order valence-corrected chi connectivity index (χ2v) is 8.54. The third-order valence-electron chi connectivity index (χ3n) is 5.92. The summed E-state index contributed by atoms with van der Waals surface area (Å²) >= 11 is 0. The standard InChI is InChI=1S/C28H19F2N5O3/c29-20-7-17(8-21(30)11-20)9-25(35-28(37)38)26-23(18-2-3-19-14-33-27(36)24(19)10-18)6-5-22(34-26)4-1-16-12-31-15-32-13-16/h2-3,5-8,10-13,15,25,35H,9,14H2,(H,33,36)(H,37,38). The molecule has 2 aromatic carbocycles. The van der Waals surface area contributed by atoms with Crippen LogP contribution in [0.25, 0.3) is 11.1 Å². The van der Waals surface area contributed by atoms with Crippen LogP contribution in [0.3, 0.4) is 0 Å². The fourth-order valence-corrected chi connectivity index (χ4v) is 4.26. The van der Waals surface area contributed by atoms with Gasteiger partial charge in [-0.05, 0) is 59.4 Å². The van der Waals surface area contributed by atoms with E-state index in [0.29, 0.717) is 34.5 Å². The van der Waals surface area contributed by atoms with Crippen LogP contribution in [0.4, 0.5) is 13.6 Å². The number of aromatic nitrogens is 3. The minimum absolute atomic E-state index is 0.0875. The highest BCUT2D eigenvalue weighted by Crippen LogP contribution is 2.32. The summed E-state index contributed by atoms with van der Waals surface area (Å²) in [5, 5.41) is 14.8. The maximum atomic E-state index is 13.9. The first-order chi connectivity index (χ1) is 18.4. The van der Waals surface area contributed by atoms with Crippen LogP contribution in [0.2, 0.25) is 0 Å². The first kappa shape index (κ1) is 24.5. The van der Waals surface area contributed by atoms with Crippen LogP contribution in [-0.2, 0) is 13.0 Å². The summed E-state index contributed by atoms with van der Waals surface area (Å²) in [6, 6.07) is 10.8. The summed E-state index contributed by atoms with van der Waals surface area (Å²) in [6.07, 6.45) is 3.03. The van der Waals surface area contributed by atoms with Gasteiger partial charge in [0.1, 0.15) is 23.7 Å². The van der Waals surface area contributed by atoms with Crippen LogP contribution in [-0.4, -0.2) is 32.1 Å². The minimum atomic E-state index is -1.34. The molecule has 0 saturated carbocycles. The molecule has 10 heteroatoms. The van der Waals surface area contributed by atoms with Crippen LogP contribution in [0.15, 0.2) is 67.3 Å². The number of rotatable bonds is 5. The van der Waals surface area contributed by atoms with E-state index in [4.69, 9.17) is 0 Å². The molecule has 1 aliphatic heterocycles. The average molecular weight is 511 g/mol. The van der Waals surface area contributed by atoms with Crippen LogP contribution in [0, 0.1) is 23.5 Å². The fourth-order valence-electron chi connectivity index (χ4n) is 4.26. The number of nitrogens with one attached hydrogen (secondary N) is 2. The largest absolute Gasteiger partial charge is 0.465 e. The number of amides is 2. The SMILES string of the molecule is O=C(O)NC(Cc1cc(F)cc(F)c1)c1nc(C#Cc2cncnc2)ccc1-c1ccc2c(c1)C(=O)NC2. The van der Waals surface area contributed by atoms with Gasteiger partial charge in [0.25, 0.3) is 5.91 Å². The molecule has 2 aromatic heterocycles. The first-order valence-electron chi connectivity index (χ1n) is 11.5. The number of carbonyl (C=O) groups is 2. The number of benzene rings is 2. The van der Waals surface area contributed by atoms with Gasteiger partial charge in [0.15, 0.2) is 0 Å². The molecule has 1 aliphatic rings. The third kappa shape index (κ3) is 5.47. The average Bonchev–Trinajstić information content (AvgIpc) is 3.26. The number of carboxylic acid groups (broad SMARTS) is 1. The van der Waals surface area contributed by atoms with Gasteiger partial charge in [-0.3, -0.25) is 4.79 Å². The Morgan fingerprint density at radius 1 is 1.03 bits per heavy atom. The zero-order valence-electron chi connectivity index (χ0n) is 19.7. The first-order valence-corrected chi connectivity index (χ1v) is 11.5. The molecule has 5 rings (SSSR count). The van der Waals surface area contributed by atoms with Crippen molar-refractivity contribution in [3.05, 3.63) is 113 Å². The fraction of sp³-hybridized carbons (Fsp3) is 0.107. The molecular weight excluding hydrogens is 492 g/mol. The van der Waals surface area contributed by atoms with Crippen molar-refractivity contribution in [1.29, 1.82) is 0 Å². The van der Waals surface area contributed by atoms with Crippen molar-refractivity contribution in [3.8, 4) is 23.0 Å². The van der Waals surface area contributed by atoms with Crippen LogP contribution < -0.4 is 10.6 Å². The molecule has 4 aromatic rings. The molecule has 8 nitrogen and oxygen atoms in total. The molecule has 0 radical (unpaired) electrons. The molecule has 0 fully saturated rings. The highest BCUT2D eigenvalue weighted by atomic mass is 19.1. The highest BCUT2D eigenvalue weighted by Gasteiger charge is 2.24. The monoisotopic (exact) mass is 511 g/mol. The van der Waals surface area contributed by atoms with Crippen molar-refractivity contribution in [2.45, 2.75) is 19.0 Å². The molecule has 188 valence electrons. The lowest BCUT2D eigenvalue weighted by Crippen LogP contribution is -2.29. The number of hydrogen-bond donors (Lipinski definition) is 3. The Morgan fingerprint density at radius 3 is 2.53 bits per heavy atom. The van der Waals surface area contributed by atoms with Crippen molar-refractivity contribution in [1.82, 2.24) is 25.6 Å². The molecule has 2 amide bonds. The lowest BCUT2D eigenvalue weighted by molar-refractivity contribution is 0.0965. The number of fused-ring (bicyclic) bond motifs is 1. The Morgan fingerprint density at radius 2 is 1.79 bits per heavy atom. The Bertz CT molecular complexity index is 1600. The van der Waals surface area contributed by atoms with Crippen molar-refractivity contribution in [3.63, 3.8) is 0 Å². The van der Waals surface area contributed by atoms with E-state index < -0.39 is 23.8 Å². The molecule has 0 bridgehead atoms. The van der Waals surface area contributed by atoms with E-state index >= 15 is 0 Å². The number of hydrogen-bond acceptors (Lipinski definition) is 5. The van der Waals surface area contributed by atoms with Crippen molar-refractivity contribution in [2.75, 3.05) is 0 Å².